The van der Waals surface area contributed by atoms with Gasteiger partial charge < -0.3 is 14.8 Å². The summed E-state index contributed by atoms with van der Waals surface area (Å²) < 4.78 is 24.6. The third-order valence-corrected chi connectivity index (χ3v) is 3.66. The van der Waals surface area contributed by atoms with Gasteiger partial charge in [0.15, 0.2) is 0 Å². The van der Waals surface area contributed by atoms with Crippen molar-refractivity contribution < 1.29 is 18.7 Å². The predicted octanol–water partition coefficient (Wildman–Crippen LogP) is 3.80. The Bertz CT molecular complexity index is 661. The van der Waals surface area contributed by atoms with Crippen LogP contribution in [0.4, 0.5) is 4.39 Å². The summed E-state index contributed by atoms with van der Waals surface area (Å²) in [7, 11) is 0. The number of hydrogen-bond acceptors (Lipinski definition) is 3. The number of hydrogen-bond donors (Lipinski definition) is 1. The zero-order chi connectivity index (χ0) is 16.7. The molecule has 2 rings (SSSR count). The molecule has 4 nitrogen and oxygen atoms in total. The van der Waals surface area contributed by atoms with Gasteiger partial charge in [0.2, 0.25) is 0 Å². The molecule has 0 spiro atoms. The number of halogens is 2. The Balaban J connectivity index is 1.78. The van der Waals surface area contributed by atoms with Crippen LogP contribution >= 0.6 is 15.9 Å². The first-order chi connectivity index (χ1) is 11.1. The average molecular weight is 382 g/mol. The molecule has 0 aliphatic carbocycles. The van der Waals surface area contributed by atoms with Crippen LogP contribution in [-0.4, -0.2) is 25.7 Å². The van der Waals surface area contributed by atoms with Crippen molar-refractivity contribution in [3.05, 3.63) is 58.3 Å². The molecule has 122 valence electrons. The van der Waals surface area contributed by atoms with Crippen LogP contribution in [0.1, 0.15) is 17.3 Å². The van der Waals surface area contributed by atoms with Crippen LogP contribution in [0, 0.1) is 5.82 Å². The first kappa shape index (κ1) is 17.3. The topological polar surface area (TPSA) is 47.6 Å². The van der Waals surface area contributed by atoms with Gasteiger partial charge in [0.05, 0.1) is 18.7 Å². The van der Waals surface area contributed by atoms with Crippen molar-refractivity contribution in [2.75, 3.05) is 19.8 Å². The fraction of sp³-hybridized carbons (Fsp3) is 0.235. The van der Waals surface area contributed by atoms with E-state index >= 15 is 0 Å². The molecule has 0 fully saturated rings. The molecule has 2 aromatic carbocycles. The van der Waals surface area contributed by atoms with Crippen molar-refractivity contribution in [1.29, 1.82) is 0 Å². The molecule has 1 N–H and O–H groups in total. The lowest BCUT2D eigenvalue weighted by Gasteiger charge is -2.09. The molecule has 0 bridgehead atoms. The minimum Gasteiger partial charge on any atom is -0.494 e. The van der Waals surface area contributed by atoms with Crippen LogP contribution in [0.15, 0.2) is 46.9 Å². The van der Waals surface area contributed by atoms with Gasteiger partial charge in [0.25, 0.3) is 5.91 Å². The van der Waals surface area contributed by atoms with E-state index in [1.807, 2.05) is 19.1 Å². The van der Waals surface area contributed by atoms with Gasteiger partial charge in [-0.3, -0.25) is 4.79 Å². The van der Waals surface area contributed by atoms with Gasteiger partial charge in [0.1, 0.15) is 23.9 Å². The molecule has 0 radical (unpaired) electrons. The highest BCUT2D eigenvalue weighted by Crippen LogP contribution is 2.18. The van der Waals surface area contributed by atoms with E-state index in [4.69, 9.17) is 9.47 Å². The van der Waals surface area contributed by atoms with Gasteiger partial charge in [-0.1, -0.05) is 0 Å². The monoisotopic (exact) mass is 381 g/mol. The predicted molar refractivity (Wildman–Crippen MR) is 89.5 cm³/mol. The van der Waals surface area contributed by atoms with E-state index < -0.39 is 5.82 Å². The molecule has 0 aliphatic heterocycles. The lowest BCUT2D eigenvalue weighted by molar-refractivity contribution is 0.0946. The lowest BCUT2D eigenvalue weighted by Crippen LogP contribution is -2.28. The van der Waals surface area contributed by atoms with Crippen LogP contribution < -0.4 is 14.8 Å². The highest BCUT2D eigenvalue weighted by Gasteiger charge is 2.10. The summed E-state index contributed by atoms with van der Waals surface area (Å²) in [5.74, 6) is 0.661. The van der Waals surface area contributed by atoms with Crippen molar-refractivity contribution in [2.45, 2.75) is 6.92 Å². The minimum atomic E-state index is -0.455. The van der Waals surface area contributed by atoms with Gasteiger partial charge in [0, 0.05) is 4.47 Å². The fourth-order valence-corrected chi connectivity index (χ4v) is 2.33. The first-order valence-corrected chi connectivity index (χ1v) is 7.98. The maximum Gasteiger partial charge on any atom is 0.252 e. The van der Waals surface area contributed by atoms with Crippen LogP contribution in [0.3, 0.4) is 0 Å². The number of carbonyl (C=O) groups excluding carboxylic acids is 1. The zero-order valence-corrected chi connectivity index (χ0v) is 14.2. The maximum atomic E-state index is 13.2. The molecule has 0 heterocycles. The number of amides is 1. The molecule has 0 unspecified atom stereocenters. The Kier molecular flexibility index (Phi) is 6.40. The number of benzene rings is 2. The van der Waals surface area contributed by atoms with Crippen molar-refractivity contribution >= 4 is 21.8 Å². The second kappa shape index (κ2) is 8.53. The first-order valence-electron chi connectivity index (χ1n) is 7.19. The minimum absolute atomic E-state index is 0.256. The third kappa shape index (κ3) is 5.25. The molecule has 0 atom stereocenters. The second-order valence-electron chi connectivity index (χ2n) is 4.63. The quantitative estimate of drug-likeness (QED) is 0.742. The Hall–Kier alpha value is -2.08. The maximum absolute atomic E-state index is 13.2. The normalized spacial score (nSPS) is 10.2. The van der Waals surface area contributed by atoms with Crippen molar-refractivity contribution in [2.24, 2.45) is 0 Å². The van der Waals surface area contributed by atoms with E-state index in [0.29, 0.717) is 30.0 Å². The SMILES string of the molecule is CCOc1ccc(OCCNC(=O)c2cc(F)ccc2Br)cc1. The van der Waals surface area contributed by atoms with Crippen molar-refractivity contribution in [1.82, 2.24) is 5.32 Å². The molecule has 0 saturated heterocycles. The van der Waals surface area contributed by atoms with Crippen LogP contribution in [-0.2, 0) is 0 Å². The van der Waals surface area contributed by atoms with E-state index in [1.54, 1.807) is 12.1 Å². The van der Waals surface area contributed by atoms with Gasteiger partial charge in [-0.2, -0.15) is 0 Å². The number of carbonyl (C=O) groups is 1. The highest BCUT2D eigenvalue weighted by atomic mass is 79.9. The molecule has 1 amide bonds. The number of rotatable bonds is 7. The third-order valence-electron chi connectivity index (χ3n) is 2.96. The number of ether oxygens (including phenoxy) is 2. The molecule has 0 aliphatic rings. The Morgan fingerprint density at radius 2 is 1.78 bits per heavy atom. The second-order valence-corrected chi connectivity index (χ2v) is 5.49. The Labute approximate surface area is 142 Å². The van der Waals surface area contributed by atoms with Crippen LogP contribution in [0.2, 0.25) is 0 Å². The smallest absolute Gasteiger partial charge is 0.252 e. The summed E-state index contributed by atoms with van der Waals surface area (Å²) in [6.07, 6.45) is 0. The van der Waals surface area contributed by atoms with Gasteiger partial charge in [-0.05, 0) is 65.3 Å². The lowest BCUT2D eigenvalue weighted by atomic mass is 10.2. The average Bonchev–Trinajstić information content (AvgIpc) is 2.55. The van der Waals surface area contributed by atoms with E-state index in [9.17, 15) is 9.18 Å². The van der Waals surface area contributed by atoms with E-state index in [-0.39, 0.29) is 11.5 Å². The molecule has 0 aromatic heterocycles. The Morgan fingerprint density at radius 3 is 2.43 bits per heavy atom. The molecule has 23 heavy (non-hydrogen) atoms. The summed E-state index contributed by atoms with van der Waals surface area (Å²) in [6, 6.07) is 11.2. The number of nitrogens with one attached hydrogen (secondary N) is 1. The standard InChI is InChI=1S/C17H17BrFNO3/c1-2-22-13-4-6-14(7-5-13)23-10-9-20-17(21)15-11-12(19)3-8-16(15)18/h3-8,11H,2,9-10H2,1H3,(H,20,21). The van der Waals surface area contributed by atoms with Crippen molar-refractivity contribution in [3.63, 3.8) is 0 Å². The summed E-state index contributed by atoms with van der Waals surface area (Å²) >= 11 is 3.23. The largest absolute Gasteiger partial charge is 0.494 e. The zero-order valence-electron chi connectivity index (χ0n) is 12.6. The molecule has 6 heteroatoms. The van der Waals surface area contributed by atoms with Crippen LogP contribution in [0.5, 0.6) is 11.5 Å². The van der Waals surface area contributed by atoms with Gasteiger partial charge >= 0.3 is 0 Å². The Morgan fingerprint density at radius 1 is 1.13 bits per heavy atom. The molecular weight excluding hydrogens is 365 g/mol. The summed E-state index contributed by atoms with van der Waals surface area (Å²) in [4.78, 5) is 12.0. The van der Waals surface area contributed by atoms with Crippen molar-refractivity contribution in [3.8, 4) is 11.5 Å². The highest BCUT2D eigenvalue weighted by molar-refractivity contribution is 9.10. The fourth-order valence-electron chi connectivity index (χ4n) is 1.90. The van der Waals surface area contributed by atoms with Gasteiger partial charge in [-0.25, -0.2) is 4.39 Å². The summed E-state index contributed by atoms with van der Waals surface area (Å²) in [5, 5.41) is 2.68. The molecule has 0 saturated carbocycles. The molecular formula is C17H17BrFNO3. The van der Waals surface area contributed by atoms with E-state index in [1.165, 1.54) is 18.2 Å². The van der Waals surface area contributed by atoms with Gasteiger partial charge in [-0.15, -0.1) is 0 Å². The molecule has 2 aromatic rings. The summed E-state index contributed by atoms with van der Waals surface area (Å²) in [6.45, 7) is 3.16. The van der Waals surface area contributed by atoms with E-state index in [0.717, 1.165) is 5.75 Å². The summed E-state index contributed by atoms with van der Waals surface area (Å²) in [5.41, 5.74) is 0.256. The van der Waals surface area contributed by atoms with Crippen LogP contribution in [0.25, 0.3) is 0 Å². The van der Waals surface area contributed by atoms with E-state index in [2.05, 4.69) is 21.2 Å².